The van der Waals surface area contributed by atoms with E-state index in [4.69, 9.17) is 11.5 Å². The minimum absolute atomic E-state index is 0.0370. The summed E-state index contributed by atoms with van der Waals surface area (Å²) < 4.78 is 23.1. The molecule has 0 aliphatic rings. The third kappa shape index (κ3) is 5.92. The molecule has 0 unspecified atom stereocenters. The van der Waals surface area contributed by atoms with Crippen molar-refractivity contribution in [2.24, 2.45) is 5.73 Å². The molecule has 100 valence electrons. The molecule has 0 spiro atoms. The molecule has 7 heteroatoms. The number of carbonyl (C=O) groups is 1. The van der Waals surface area contributed by atoms with Crippen LogP contribution in [0.1, 0.15) is 6.42 Å². The van der Waals surface area contributed by atoms with Gasteiger partial charge in [-0.1, -0.05) is 0 Å². The Morgan fingerprint density at radius 1 is 1.17 bits per heavy atom. The molecule has 0 bridgehead atoms. The number of carbonyl (C=O) groups excluding carboxylic acids is 1. The van der Waals surface area contributed by atoms with Crippen LogP contribution in [0, 0.1) is 0 Å². The van der Waals surface area contributed by atoms with Gasteiger partial charge in [0.1, 0.15) is 0 Å². The Morgan fingerprint density at radius 3 is 2.33 bits per heavy atom. The molecule has 1 aromatic carbocycles. The van der Waals surface area contributed by atoms with Gasteiger partial charge in [-0.05, 0) is 24.3 Å². The van der Waals surface area contributed by atoms with Gasteiger partial charge in [-0.25, -0.2) is 8.42 Å². The van der Waals surface area contributed by atoms with Gasteiger partial charge in [0, 0.05) is 22.8 Å². The fourth-order valence-electron chi connectivity index (χ4n) is 1.21. The van der Waals surface area contributed by atoms with E-state index in [0.717, 1.165) is 4.90 Å². The van der Waals surface area contributed by atoms with Crippen LogP contribution in [0.2, 0.25) is 0 Å². The van der Waals surface area contributed by atoms with Crippen LogP contribution < -0.4 is 11.5 Å². The normalized spacial score (nSPS) is 11.3. The van der Waals surface area contributed by atoms with E-state index < -0.39 is 15.7 Å². The average molecular weight is 288 g/mol. The Morgan fingerprint density at radius 2 is 1.78 bits per heavy atom. The molecule has 0 aliphatic heterocycles. The maximum absolute atomic E-state index is 11.5. The molecule has 0 saturated heterocycles. The van der Waals surface area contributed by atoms with Gasteiger partial charge in [-0.2, -0.15) is 0 Å². The quantitative estimate of drug-likeness (QED) is 0.566. The van der Waals surface area contributed by atoms with Crippen LogP contribution in [0.4, 0.5) is 5.69 Å². The summed E-state index contributed by atoms with van der Waals surface area (Å²) in [7, 11) is -3.20. The van der Waals surface area contributed by atoms with Crippen LogP contribution in [0.25, 0.3) is 0 Å². The monoisotopic (exact) mass is 288 g/mol. The molecule has 1 aromatic rings. The maximum Gasteiger partial charge on any atom is 0.218 e. The minimum atomic E-state index is -3.20. The zero-order valence-corrected chi connectivity index (χ0v) is 11.5. The number of hydrogen-bond donors (Lipinski definition) is 2. The third-order valence-electron chi connectivity index (χ3n) is 2.20. The summed E-state index contributed by atoms with van der Waals surface area (Å²) in [6.07, 6.45) is -0.116. The molecule has 0 heterocycles. The van der Waals surface area contributed by atoms with Crippen molar-refractivity contribution in [2.45, 2.75) is 11.3 Å². The van der Waals surface area contributed by atoms with Crippen molar-refractivity contribution < 1.29 is 13.2 Å². The van der Waals surface area contributed by atoms with E-state index in [2.05, 4.69) is 0 Å². The van der Waals surface area contributed by atoms with Gasteiger partial charge in [0.15, 0.2) is 9.84 Å². The lowest BCUT2D eigenvalue weighted by Gasteiger charge is -2.03. The summed E-state index contributed by atoms with van der Waals surface area (Å²) in [6, 6.07) is 7.22. The Kier molecular flexibility index (Phi) is 5.49. The Hall–Kier alpha value is -1.21. The maximum atomic E-state index is 11.5. The van der Waals surface area contributed by atoms with Crippen LogP contribution in [-0.4, -0.2) is 31.6 Å². The first-order valence-corrected chi connectivity index (χ1v) is 8.17. The van der Waals surface area contributed by atoms with Crippen LogP contribution in [0.15, 0.2) is 29.2 Å². The Bertz CT molecular complexity index is 498. The van der Waals surface area contributed by atoms with Crippen LogP contribution >= 0.6 is 11.8 Å². The number of sulfone groups is 1. The molecule has 0 aliphatic carbocycles. The fraction of sp³-hybridized carbons (Fsp3) is 0.364. The highest BCUT2D eigenvalue weighted by molar-refractivity contribution is 8.00. The number of hydrogen-bond acceptors (Lipinski definition) is 5. The second-order valence-corrected chi connectivity index (χ2v) is 7.26. The lowest BCUT2D eigenvalue weighted by molar-refractivity contribution is -0.117. The highest BCUT2D eigenvalue weighted by Crippen LogP contribution is 2.19. The van der Waals surface area contributed by atoms with Crippen LogP contribution in [0.3, 0.4) is 0 Å². The highest BCUT2D eigenvalue weighted by Gasteiger charge is 2.12. The molecular formula is C11H16N2O3S2. The van der Waals surface area contributed by atoms with Crippen molar-refractivity contribution in [3.8, 4) is 0 Å². The largest absolute Gasteiger partial charge is 0.399 e. The Labute approximate surface area is 111 Å². The van der Waals surface area contributed by atoms with Crippen LogP contribution in [-0.2, 0) is 14.6 Å². The average Bonchev–Trinajstić information content (AvgIpc) is 2.29. The molecule has 1 rings (SSSR count). The van der Waals surface area contributed by atoms with Crippen molar-refractivity contribution in [2.75, 3.05) is 23.0 Å². The van der Waals surface area contributed by atoms with E-state index >= 15 is 0 Å². The van der Waals surface area contributed by atoms with Gasteiger partial charge in [0.05, 0.1) is 11.5 Å². The topological polar surface area (TPSA) is 103 Å². The van der Waals surface area contributed by atoms with Gasteiger partial charge in [-0.15, -0.1) is 11.8 Å². The summed E-state index contributed by atoms with van der Waals surface area (Å²) in [4.78, 5) is 11.5. The van der Waals surface area contributed by atoms with Crippen molar-refractivity contribution in [1.82, 2.24) is 0 Å². The number of primary amides is 1. The van der Waals surface area contributed by atoms with Crippen molar-refractivity contribution in [3.05, 3.63) is 24.3 Å². The van der Waals surface area contributed by atoms with E-state index in [-0.39, 0.29) is 17.9 Å². The predicted octanol–water partition coefficient (Wildman–Crippen LogP) is 0.651. The summed E-state index contributed by atoms with van der Waals surface area (Å²) in [5.41, 5.74) is 11.1. The molecule has 4 N–H and O–H groups in total. The standard InChI is InChI=1S/C11H16N2O3S2/c12-9-1-3-10(4-2-9)17-6-8-18(15,16)7-5-11(13)14/h1-4H,5-8,12H2,(H2,13,14). The lowest BCUT2D eigenvalue weighted by Crippen LogP contribution is -2.19. The summed E-state index contributed by atoms with van der Waals surface area (Å²) >= 11 is 1.44. The first-order chi connectivity index (χ1) is 8.39. The lowest BCUT2D eigenvalue weighted by atomic mass is 10.3. The zero-order chi connectivity index (χ0) is 13.6. The zero-order valence-electron chi connectivity index (χ0n) is 9.83. The number of anilines is 1. The molecule has 18 heavy (non-hydrogen) atoms. The van der Waals surface area contributed by atoms with Crippen molar-refractivity contribution >= 4 is 33.2 Å². The SMILES string of the molecule is NC(=O)CCS(=O)(=O)CCSc1ccc(N)cc1. The molecule has 1 amide bonds. The second-order valence-electron chi connectivity index (χ2n) is 3.79. The van der Waals surface area contributed by atoms with E-state index in [1.54, 1.807) is 12.1 Å². The smallest absolute Gasteiger partial charge is 0.218 e. The van der Waals surface area contributed by atoms with Gasteiger partial charge < -0.3 is 11.5 Å². The fourth-order valence-corrected chi connectivity index (χ4v) is 3.84. The highest BCUT2D eigenvalue weighted by atomic mass is 32.2. The van der Waals surface area contributed by atoms with E-state index in [1.165, 1.54) is 11.8 Å². The summed E-state index contributed by atoms with van der Waals surface area (Å²) in [6.45, 7) is 0. The number of amides is 1. The predicted molar refractivity (Wildman–Crippen MR) is 74.0 cm³/mol. The number of nitrogens with two attached hydrogens (primary N) is 2. The van der Waals surface area contributed by atoms with Crippen LogP contribution in [0.5, 0.6) is 0 Å². The number of nitrogen functional groups attached to an aromatic ring is 1. The molecule has 5 nitrogen and oxygen atoms in total. The molecular weight excluding hydrogens is 272 g/mol. The van der Waals surface area contributed by atoms with E-state index in [9.17, 15) is 13.2 Å². The minimum Gasteiger partial charge on any atom is -0.399 e. The summed E-state index contributed by atoms with van der Waals surface area (Å²) in [5.74, 6) is -0.282. The Balaban J connectivity index is 2.37. The number of rotatable bonds is 7. The molecule has 0 aromatic heterocycles. The van der Waals surface area contributed by atoms with Gasteiger partial charge >= 0.3 is 0 Å². The van der Waals surface area contributed by atoms with E-state index in [1.807, 2.05) is 12.1 Å². The van der Waals surface area contributed by atoms with Crippen molar-refractivity contribution in [1.29, 1.82) is 0 Å². The number of thioether (sulfide) groups is 1. The molecule has 0 atom stereocenters. The molecule has 0 fully saturated rings. The second kappa shape index (κ2) is 6.65. The third-order valence-corrected chi connectivity index (χ3v) is 5.13. The molecule has 0 saturated carbocycles. The van der Waals surface area contributed by atoms with Gasteiger partial charge in [-0.3, -0.25) is 4.79 Å². The van der Waals surface area contributed by atoms with Gasteiger partial charge in [0.2, 0.25) is 5.91 Å². The molecule has 0 radical (unpaired) electrons. The first kappa shape index (κ1) is 14.8. The first-order valence-electron chi connectivity index (χ1n) is 5.36. The van der Waals surface area contributed by atoms with E-state index in [0.29, 0.717) is 11.4 Å². The van der Waals surface area contributed by atoms with Crippen molar-refractivity contribution in [3.63, 3.8) is 0 Å². The summed E-state index contributed by atoms with van der Waals surface area (Å²) in [5, 5.41) is 0. The number of benzene rings is 1. The van der Waals surface area contributed by atoms with Gasteiger partial charge in [0.25, 0.3) is 0 Å².